The van der Waals surface area contributed by atoms with E-state index in [1.807, 2.05) is 0 Å². The molecule has 1 saturated carbocycles. The van der Waals surface area contributed by atoms with Gasteiger partial charge in [-0.25, -0.2) is 0 Å². The largest absolute Gasteiger partial charge is 0.492 e. The SMILES string of the molecule is CC(=O)c1cc(Cl)ccc1OCC1(CBr)CCC1. The van der Waals surface area contributed by atoms with Gasteiger partial charge in [0.05, 0.1) is 12.2 Å². The summed E-state index contributed by atoms with van der Waals surface area (Å²) in [5.41, 5.74) is 0.805. The van der Waals surface area contributed by atoms with Crippen LogP contribution >= 0.6 is 27.5 Å². The molecule has 0 saturated heterocycles. The Morgan fingerprint density at radius 2 is 2.22 bits per heavy atom. The number of carbonyl (C=O) groups is 1. The van der Waals surface area contributed by atoms with Crippen LogP contribution in [-0.2, 0) is 0 Å². The van der Waals surface area contributed by atoms with Crippen molar-refractivity contribution in [3.63, 3.8) is 0 Å². The van der Waals surface area contributed by atoms with E-state index in [1.54, 1.807) is 18.2 Å². The average molecular weight is 332 g/mol. The second kappa shape index (κ2) is 5.62. The first kappa shape index (κ1) is 13.9. The molecular weight excluding hydrogens is 316 g/mol. The van der Waals surface area contributed by atoms with Crippen molar-refractivity contribution in [1.82, 2.24) is 0 Å². The van der Waals surface area contributed by atoms with Crippen LogP contribution in [-0.4, -0.2) is 17.7 Å². The fourth-order valence-corrected chi connectivity index (χ4v) is 3.02. The first-order chi connectivity index (χ1) is 8.56. The van der Waals surface area contributed by atoms with Gasteiger partial charge in [-0.15, -0.1) is 0 Å². The minimum absolute atomic E-state index is 0.0194. The Kier molecular flexibility index (Phi) is 4.33. The Balaban J connectivity index is 2.11. The van der Waals surface area contributed by atoms with Crippen molar-refractivity contribution in [2.75, 3.05) is 11.9 Å². The molecule has 1 fully saturated rings. The third-order valence-corrected chi connectivity index (χ3v) is 4.98. The lowest BCUT2D eigenvalue weighted by Gasteiger charge is -2.40. The van der Waals surface area contributed by atoms with Crippen molar-refractivity contribution < 1.29 is 9.53 Å². The predicted molar refractivity (Wildman–Crippen MR) is 77.0 cm³/mol. The number of benzene rings is 1. The Bertz CT molecular complexity index is 450. The summed E-state index contributed by atoms with van der Waals surface area (Å²) in [5.74, 6) is 0.619. The van der Waals surface area contributed by atoms with Gasteiger partial charge < -0.3 is 4.74 Å². The Labute approximate surface area is 121 Å². The number of carbonyl (C=O) groups excluding carboxylic acids is 1. The van der Waals surface area contributed by atoms with Crippen LogP contribution in [0.15, 0.2) is 18.2 Å². The topological polar surface area (TPSA) is 26.3 Å². The number of Topliss-reactive ketones (excluding diaryl/α,β-unsaturated/α-hetero) is 1. The van der Waals surface area contributed by atoms with Gasteiger partial charge in [-0.2, -0.15) is 0 Å². The van der Waals surface area contributed by atoms with Gasteiger partial charge in [0.1, 0.15) is 5.75 Å². The van der Waals surface area contributed by atoms with Crippen molar-refractivity contribution in [2.24, 2.45) is 5.41 Å². The molecule has 0 aromatic heterocycles. The maximum absolute atomic E-state index is 11.5. The number of hydrogen-bond donors (Lipinski definition) is 0. The fraction of sp³-hybridized carbons (Fsp3) is 0.500. The molecule has 0 unspecified atom stereocenters. The Morgan fingerprint density at radius 1 is 1.50 bits per heavy atom. The van der Waals surface area contributed by atoms with E-state index in [9.17, 15) is 4.79 Å². The molecule has 98 valence electrons. The van der Waals surface area contributed by atoms with Crippen molar-refractivity contribution in [3.05, 3.63) is 28.8 Å². The van der Waals surface area contributed by atoms with E-state index < -0.39 is 0 Å². The van der Waals surface area contributed by atoms with Crippen molar-refractivity contribution in [1.29, 1.82) is 0 Å². The number of alkyl halides is 1. The number of ether oxygens (including phenoxy) is 1. The molecule has 1 aromatic rings. The molecule has 0 amide bonds. The van der Waals surface area contributed by atoms with Gasteiger partial charge in [0.2, 0.25) is 0 Å². The maximum atomic E-state index is 11.5. The smallest absolute Gasteiger partial charge is 0.163 e. The molecule has 1 aromatic carbocycles. The van der Waals surface area contributed by atoms with Gasteiger partial charge in [0.25, 0.3) is 0 Å². The Morgan fingerprint density at radius 3 is 2.72 bits per heavy atom. The third-order valence-electron chi connectivity index (χ3n) is 3.55. The number of ketones is 1. The average Bonchev–Trinajstić information content (AvgIpc) is 2.29. The van der Waals surface area contributed by atoms with Gasteiger partial charge in [0, 0.05) is 15.8 Å². The van der Waals surface area contributed by atoms with E-state index in [4.69, 9.17) is 16.3 Å². The molecule has 2 rings (SSSR count). The molecule has 0 heterocycles. The van der Waals surface area contributed by atoms with Crippen LogP contribution in [0.5, 0.6) is 5.75 Å². The zero-order valence-corrected chi connectivity index (χ0v) is 12.7. The van der Waals surface area contributed by atoms with Crippen LogP contribution in [0.4, 0.5) is 0 Å². The van der Waals surface area contributed by atoms with Crippen LogP contribution < -0.4 is 4.74 Å². The van der Waals surface area contributed by atoms with E-state index in [2.05, 4.69) is 15.9 Å². The summed E-state index contributed by atoms with van der Waals surface area (Å²) in [7, 11) is 0. The number of hydrogen-bond acceptors (Lipinski definition) is 2. The summed E-state index contributed by atoms with van der Waals surface area (Å²) in [6, 6.07) is 5.20. The van der Waals surface area contributed by atoms with Gasteiger partial charge in [-0.05, 0) is 38.0 Å². The molecular formula is C14H16BrClO2. The van der Waals surface area contributed by atoms with Gasteiger partial charge in [-0.1, -0.05) is 34.0 Å². The first-order valence-corrected chi connectivity index (χ1v) is 7.55. The molecule has 0 N–H and O–H groups in total. The van der Waals surface area contributed by atoms with Crippen molar-refractivity contribution >= 4 is 33.3 Å². The lowest BCUT2D eigenvalue weighted by Crippen LogP contribution is -2.37. The predicted octanol–water partition coefficient (Wildman–Crippen LogP) is 4.49. The minimum Gasteiger partial charge on any atom is -0.492 e. The monoisotopic (exact) mass is 330 g/mol. The normalized spacial score (nSPS) is 17.1. The van der Waals surface area contributed by atoms with Crippen molar-refractivity contribution in [2.45, 2.75) is 26.2 Å². The maximum Gasteiger partial charge on any atom is 0.163 e. The molecule has 18 heavy (non-hydrogen) atoms. The van der Waals surface area contributed by atoms with Crippen LogP contribution in [0.25, 0.3) is 0 Å². The molecule has 1 aliphatic carbocycles. The molecule has 1 aliphatic rings. The van der Waals surface area contributed by atoms with E-state index in [0.717, 1.165) is 5.33 Å². The van der Waals surface area contributed by atoms with Crippen LogP contribution in [0, 0.1) is 5.41 Å². The van der Waals surface area contributed by atoms with Gasteiger partial charge in [-0.3, -0.25) is 4.79 Å². The molecule has 0 spiro atoms. The quantitative estimate of drug-likeness (QED) is 0.587. The van der Waals surface area contributed by atoms with E-state index in [-0.39, 0.29) is 11.2 Å². The lowest BCUT2D eigenvalue weighted by atomic mass is 9.71. The molecule has 2 nitrogen and oxygen atoms in total. The molecule has 0 radical (unpaired) electrons. The van der Waals surface area contributed by atoms with Gasteiger partial charge >= 0.3 is 0 Å². The summed E-state index contributed by atoms with van der Waals surface area (Å²) in [6.07, 6.45) is 3.62. The first-order valence-electron chi connectivity index (χ1n) is 6.06. The highest BCUT2D eigenvalue weighted by Gasteiger charge is 2.36. The minimum atomic E-state index is -0.0194. The van der Waals surface area contributed by atoms with Crippen LogP contribution in [0.2, 0.25) is 5.02 Å². The van der Waals surface area contributed by atoms with E-state index in [1.165, 1.54) is 26.2 Å². The zero-order chi connectivity index (χ0) is 13.2. The molecule has 0 bridgehead atoms. The highest BCUT2D eigenvalue weighted by atomic mass is 79.9. The number of rotatable bonds is 5. The van der Waals surface area contributed by atoms with Crippen LogP contribution in [0.1, 0.15) is 36.5 Å². The fourth-order valence-electron chi connectivity index (χ4n) is 2.13. The second-order valence-electron chi connectivity index (χ2n) is 4.97. The van der Waals surface area contributed by atoms with Gasteiger partial charge in [0.15, 0.2) is 5.78 Å². The summed E-state index contributed by atoms with van der Waals surface area (Å²) in [4.78, 5) is 11.5. The zero-order valence-electron chi connectivity index (χ0n) is 10.3. The molecule has 0 atom stereocenters. The summed E-state index contributed by atoms with van der Waals surface area (Å²) < 4.78 is 5.84. The Hall–Kier alpha value is -0.540. The summed E-state index contributed by atoms with van der Waals surface area (Å²) >= 11 is 9.45. The van der Waals surface area contributed by atoms with Crippen LogP contribution in [0.3, 0.4) is 0 Å². The standard InChI is InChI=1S/C14H16BrClO2/c1-10(17)12-7-11(16)3-4-13(12)18-9-14(8-15)5-2-6-14/h3-4,7H,2,5-6,8-9H2,1H3. The highest BCUT2D eigenvalue weighted by Crippen LogP contribution is 2.43. The lowest BCUT2D eigenvalue weighted by molar-refractivity contribution is 0.0819. The molecule has 4 heteroatoms. The highest BCUT2D eigenvalue weighted by molar-refractivity contribution is 9.09. The summed E-state index contributed by atoms with van der Waals surface area (Å²) in [6.45, 7) is 2.18. The second-order valence-corrected chi connectivity index (χ2v) is 5.97. The van der Waals surface area contributed by atoms with E-state index in [0.29, 0.717) is 22.9 Å². The van der Waals surface area contributed by atoms with E-state index >= 15 is 0 Å². The third kappa shape index (κ3) is 2.89. The molecule has 0 aliphatic heterocycles. The number of halogens is 2. The summed E-state index contributed by atoms with van der Waals surface area (Å²) in [5, 5.41) is 1.51. The van der Waals surface area contributed by atoms with Crippen molar-refractivity contribution in [3.8, 4) is 5.75 Å².